The predicted molar refractivity (Wildman–Crippen MR) is 115 cm³/mol. The van der Waals surface area contributed by atoms with Gasteiger partial charge in [-0.1, -0.05) is 35.1 Å². The van der Waals surface area contributed by atoms with Crippen molar-refractivity contribution in [3.05, 3.63) is 81.0 Å². The van der Waals surface area contributed by atoms with Gasteiger partial charge in [-0.2, -0.15) is 10.1 Å². The van der Waals surface area contributed by atoms with E-state index in [9.17, 15) is 4.79 Å². The Morgan fingerprint density at radius 2 is 2.00 bits per heavy atom. The molecule has 0 saturated heterocycles. The van der Waals surface area contributed by atoms with Crippen molar-refractivity contribution in [1.82, 2.24) is 4.98 Å². The molecule has 4 rings (SSSR count). The highest BCUT2D eigenvalue weighted by Crippen LogP contribution is 2.31. The van der Waals surface area contributed by atoms with Crippen LogP contribution in [0.15, 0.2) is 65.1 Å². The van der Waals surface area contributed by atoms with Crippen molar-refractivity contribution >= 4 is 61.7 Å². The maximum Gasteiger partial charge on any atom is 0.280 e. The van der Waals surface area contributed by atoms with Gasteiger partial charge in [0.25, 0.3) is 5.91 Å². The zero-order valence-electron chi connectivity index (χ0n) is 14.3. The number of hydrazone groups is 1. The van der Waals surface area contributed by atoms with Gasteiger partial charge in [-0.05, 0) is 60.3 Å². The van der Waals surface area contributed by atoms with E-state index in [1.807, 2.05) is 36.6 Å². The quantitative estimate of drug-likeness (QED) is 0.305. The van der Waals surface area contributed by atoms with E-state index in [1.54, 1.807) is 41.8 Å². The maximum atomic E-state index is 13.1. The predicted octanol–water partition coefficient (Wildman–Crippen LogP) is 6.00. The zero-order valence-corrected chi connectivity index (χ0v) is 16.7. The number of nitrogens with zero attached hydrogens (tertiary/aromatic N) is 3. The van der Waals surface area contributed by atoms with Crippen LogP contribution in [0, 0.1) is 6.92 Å². The van der Waals surface area contributed by atoms with Gasteiger partial charge in [-0.25, -0.2) is 4.98 Å². The number of fused-ring (bicyclic) bond motifs is 1. The average molecular weight is 412 g/mol. The second-order valence-corrected chi connectivity index (χ2v) is 8.28. The number of thiazole rings is 1. The van der Waals surface area contributed by atoms with Gasteiger partial charge < -0.3 is 0 Å². The first kappa shape index (κ1) is 17.9. The minimum Gasteiger partial charge on any atom is -0.267 e. The first-order valence-electron chi connectivity index (χ1n) is 8.15. The van der Waals surface area contributed by atoms with Crippen LogP contribution in [-0.4, -0.2) is 17.1 Å². The average Bonchev–Trinajstić information content (AvgIpc) is 3.31. The molecule has 0 aliphatic rings. The fourth-order valence-corrected chi connectivity index (χ4v) is 4.22. The molecule has 1 amide bonds. The number of hydrogen-bond acceptors (Lipinski definition) is 5. The number of anilines is 1. The summed E-state index contributed by atoms with van der Waals surface area (Å²) < 4.78 is 1.02. The smallest absolute Gasteiger partial charge is 0.267 e. The van der Waals surface area contributed by atoms with Crippen molar-refractivity contribution < 1.29 is 4.79 Å². The van der Waals surface area contributed by atoms with E-state index < -0.39 is 0 Å². The summed E-state index contributed by atoms with van der Waals surface area (Å²) in [6.45, 7) is 2.03. The second kappa shape index (κ2) is 7.60. The Kier molecular flexibility index (Phi) is 5.03. The van der Waals surface area contributed by atoms with Crippen molar-refractivity contribution in [3.63, 3.8) is 0 Å². The molecular formula is C20H14ClN3OS2. The number of aromatic nitrogens is 1. The molecule has 0 aliphatic carbocycles. The Hall–Kier alpha value is -2.54. The largest absolute Gasteiger partial charge is 0.280 e. The minimum atomic E-state index is -0.254. The fourth-order valence-electron chi connectivity index (χ4n) is 2.49. The Morgan fingerprint density at radius 1 is 1.19 bits per heavy atom. The number of rotatable bonds is 4. The second-order valence-electron chi connectivity index (χ2n) is 5.85. The van der Waals surface area contributed by atoms with Crippen LogP contribution in [0.1, 0.15) is 20.8 Å². The van der Waals surface area contributed by atoms with Gasteiger partial charge in [0, 0.05) is 15.5 Å². The highest BCUT2D eigenvalue weighted by molar-refractivity contribution is 7.22. The number of aryl methyl sites for hydroxylation is 1. The molecule has 27 heavy (non-hydrogen) atoms. The van der Waals surface area contributed by atoms with Gasteiger partial charge in [-0.15, -0.1) is 11.3 Å². The lowest BCUT2D eigenvalue weighted by molar-refractivity contribution is 0.0988. The van der Waals surface area contributed by atoms with Crippen LogP contribution in [0.25, 0.3) is 10.2 Å². The molecule has 0 bridgehead atoms. The normalized spacial score (nSPS) is 11.3. The van der Waals surface area contributed by atoms with E-state index in [1.165, 1.54) is 16.3 Å². The van der Waals surface area contributed by atoms with Crippen molar-refractivity contribution in [3.8, 4) is 0 Å². The molecule has 0 unspecified atom stereocenters. The van der Waals surface area contributed by atoms with E-state index in [4.69, 9.17) is 11.6 Å². The molecule has 2 aromatic carbocycles. The number of thiophene rings is 1. The van der Waals surface area contributed by atoms with E-state index in [-0.39, 0.29) is 5.91 Å². The molecule has 2 heterocycles. The molecular weight excluding hydrogens is 398 g/mol. The molecule has 0 spiro atoms. The Morgan fingerprint density at radius 3 is 2.74 bits per heavy atom. The standard InChI is InChI=1S/C20H14ClN3OS2/c1-13-4-9-17-18(11-13)27-20(23-17)24(22-12-16-3-2-10-26-16)19(25)14-5-7-15(21)8-6-14/h2-12H,1H3/b22-12+. The van der Waals surface area contributed by atoms with Crippen LogP contribution in [0.5, 0.6) is 0 Å². The van der Waals surface area contributed by atoms with E-state index in [2.05, 4.69) is 16.2 Å². The lowest BCUT2D eigenvalue weighted by atomic mass is 10.2. The van der Waals surface area contributed by atoms with Crippen molar-refractivity contribution in [2.45, 2.75) is 6.92 Å². The van der Waals surface area contributed by atoms with Gasteiger partial charge in [-0.3, -0.25) is 4.79 Å². The van der Waals surface area contributed by atoms with Crippen molar-refractivity contribution in [2.75, 3.05) is 5.01 Å². The summed E-state index contributed by atoms with van der Waals surface area (Å²) >= 11 is 8.94. The van der Waals surface area contributed by atoms with E-state index >= 15 is 0 Å². The van der Waals surface area contributed by atoms with Crippen LogP contribution >= 0.6 is 34.3 Å². The summed E-state index contributed by atoms with van der Waals surface area (Å²) in [7, 11) is 0. The van der Waals surface area contributed by atoms with Gasteiger partial charge >= 0.3 is 0 Å². The summed E-state index contributed by atoms with van der Waals surface area (Å²) in [5, 5.41) is 8.86. The van der Waals surface area contributed by atoms with Crippen LogP contribution in [0.3, 0.4) is 0 Å². The summed E-state index contributed by atoms with van der Waals surface area (Å²) in [5.74, 6) is -0.254. The van der Waals surface area contributed by atoms with Gasteiger partial charge in [0.05, 0.1) is 16.4 Å². The highest BCUT2D eigenvalue weighted by Gasteiger charge is 2.21. The molecule has 4 nitrogen and oxygen atoms in total. The lowest BCUT2D eigenvalue weighted by Gasteiger charge is -2.13. The maximum absolute atomic E-state index is 13.1. The van der Waals surface area contributed by atoms with Gasteiger partial charge in [0.15, 0.2) is 0 Å². The molecule has 0 fully saturated rings. The summed E-state index contributed by atoms with van der Waals surface area (Å²) in [4.78, 5) is 18.7. The number of amides is 1. The summed E-state index contributed by atoms with van der Waals surface area (Å²) in [6, 6.07) is 16.7. The molecule has 0 atom stereocenters. The Labute approximate surface area is 169 Å². The number of carbonyl (C=O) groups excluding carboxylic acids is 1. The lowest BCUT2D eigenvalue weighted by Crippen LogP contribution is -2.25. The van der Waals surface area contributed by atoms with Crippen LogP contribution < -0.4 is 5.01 Å². The topological polar surface area (TPSA) is 45.6 Å². The van der Waals surface area contributed by atoms with Crippen molar-refractivity contribution in [2.24, 2.45) is 5.10 Å². The molecule has 0 N–H and O–H groups in total. The van der Waals surface area contributed by atoms with Crippen LogP contribution in [0.2, 0.25) is 5.02 Å². The molecule has 134 valence electrons. The first-order valence-corrected chi connectivity index (χ1v) is 10.2. The zero-order chi connectivity index (χ0) is 18.8. The third-order valence-electron chi connectivity index (χ3n) is 3.84. The van der Waals surface area contributed by atoms with Crippen molar-refractivity contribution in [1.29, 1.82) is 0 Å². The van der Waals surface area contributed by atoms with Crippen LogP contribution in [0.4, 0.5) is 5.13 Å². The molecule has 4 aromatic rings. The molecule has 7 heteroatoms. The van der Waals surface area contributed by atoms with Gasteiger partial charge in [0.2, 0.25) is 5.13 Å². The van der Waals surface area contributed by atoms with E-state index in [0.29, 0.717) is 15.7 Å². The Bertz CT molecular complexity index is 1120. The molecule has 2 aromatic heterocycles. The van der Waals surface area contributed by atoms with E-state index in [0.717, 1.165) is 20.7 Å². The van der Waals surface area contributed by atoms with Gasteiger partial charge in [0.1, 0.15) is 0 Å². The highest BCUT2D eigenvalue weighted by atomic mass is 35.5. The monoisotopic (exact) mass is 411 g/mol. The SMILES string of the molecule is Cc1ccc2nc(N(/N=C/c3cccs3)C(=O)c3ccc(Cl)cc3)sc2c1. The molecule has 0 saturated carbocycles. The summed E-state index contributed by atoms with van der Waals surface area (Å²) in [6.07, 6.45) is 1.68. The minimum absolute atomic E-state index is 0.254. The Balaban J connectivity index is 1.76. The number of hydrogen-bond donors (Lipinski definition) is 0. The molecule has 0 aliphatic heterocycles. The summed E-state index contributed by atoms with van der Waals surface area (Å²) in [5.41, 5.74) is 2.49. The fraction of sp³-hybridized carbons (Fsp3) is 0.0500. The number of benzene rings is 2. The third-order valence-corrected chi connectivity index (χ3v) is 5.89. The van der Waals surface area contributed by atoms with Crippen LogP contribution in [-0.2, 0) is 0 Å². The number of carbonyl (C=O) groups is 1. The third kappa shape index (κ3) is 3.93. The first-order chi connectivity index (χ1) is 13.1. The number of halogens is 1. The molecule has 0 radical (unpaired) electrons.